The molecule has 0 radical (unpaired) electrons. The van der Waals surface area contributed by atoms with E-state index in [0.29, 0.717) is 10.7 Å². The highest BCUT2D eigenvalue weighted by Crippen LogP contribution is 2.48. The van der Waals surface area contributed by atoms with Crippen molar-refractivity contribution >= 4 is 51.8 Å². The highest BCUT2D eigenvalue weighted by atomic mass is 35.5. The lowest BCUT2D eigenvalue weighted by atomic mass is 9.95. The van der Waals surface area contributed by atoms with Crippen LogP contribution in [0.1, 0.15) is 10.9 Å². The summed E-state index contributed by atoms with van der Waals surface area (Å²) < 4.78 is 0. The average Bonchev–Trinajstić information content (AvgIpc) is 3.46. The van der Waals surface area contributed by atoms with Crippen molar-refractivity contribution in [3.05, 3.63) is 86.1 Å². The molecule has 8 nitrogen and oxygen atoms in total. The zero-order chi connectivity index (χ0) is 21.7. The van der Waals surface area contributed by atoms with Gasteiger partial charge in [-0.25, -0.2) is 9.96 Å². The number of anilines is 2. The Morgan fingerprint density at radius 1 is 0.968 bits per heavy atom. The van der Waals surface area contributed by atoms with Gasteiger partial charge in [0, 0.05) is 22.0 Å². The summed E-state index contributed by atoms with van der Waals surface area (Å²) in [6.07, 6.45) is -0.995. The quantitative estimate of drug-likeness (QED) is 0.329. The fraction of sp³-hybridized carbons (Fsp3) is 0.143. The molecule has 2 saturated heterocycles. The fourth-order valence-electron chi connectivity index (χ4n) is 3.95. The standard InChI is InChI=1S/C21H14ClN3O5S/c22-12-3-5-14(6-4-12)24-18(16-2-1-11-31-16)17-19(30-24)21(27)23(20(17)26)13-7-9-15(10-8-13)25(28)29/h1-11,17-19H/t17-,18-,19+/m1/s1. The molecule has 3 aromatic rings. The number of amides is 2. The van der Waals surface area contributed by atoms with Gasteiger partial charge in [-0.3, -0.25) is 24.5 Å². The molecular weight excluding hydrogens is 442 g/mol. The molecule has 0 spiro atoms. The monoisotopic (exact) mass is 455 g/mol. The van der Waals surface area contributed by atoms with Gasteiger partial charge < -0.3 is 0 Å². The van der Waals surface area contributed by atoms with E-state index in [1.807, 2.05) is 17.5 Å². The Morgan fingerprint density at radius 2 is 1.65 bits per heavy atom. The molecule has 5 rings (SSSR count). The number of nitrogens with zero attached hydrogens (tertiary/aromatic N) is 3. The van der Waals surface area contributed by atoms with Crippen LogP contribution >= 0.6 is 22.9 Å². The molecule has 3 heterocycles. The summed E-state index contributed by atoms with van der Waals surface area (Å²) in [6, 6.07) is 15.6. The largest absolute Gasteiger partial charge is 0.273 e. The maximum absolute atomic E-state index is 13.4. The predicted octanol–water partition coefficient (Wildman–Crippen LogP) is 4.36. The number of carbonyl (C=O) groups excluding carboxylic acids is 2. The van der Waals surface area contributed by atoms with Crippen molar-refractivity contribution in [3.8, 4) is 0 Å². The molecule has 2 aromatic carbocycles. The van der Waals surface area contributed by atoms with Gasteiger partial charge in [0.25, 0.3) is 11.6 Å². The minimum Gasteiger partial charge on any atom is -0.273 e. The molecule has 2 amide bonds. The fourth-order valence-corrected chi connectivity index (χ4v) is 4.93. The number of nitro benzene ring substituents is 1. The number of hydroxylamine groups is 1. The van der Waals surface area contributed by atoms with E-state index in [0.717, 1.165) is 9.78 Å². The van der Waals surface area contributed by atoms with Crippen molar-refractivity contribution in [2.75, 3.05) is 9.96 Å². The SMILES string of the molecule is O=C1[C@H]2[C@H](ON(c3ccc(Cl)cc3)[C@@H]2c2cccs2)C(=O)N1c1ccc([N+](=O)[O-])cc1. The van der Waals surface area contributed by atoms with Crippen molar-refractivity contribution < 1.29 is 19.3 Å². The highest BCUT2D eigenvalue weighted by molar-refractivity contribution is 7.10. The Hall–Kier alpha value is -3.27. The average molecular weight is 456 g/mol. The van der Waals surface area contributed by atoms with Crippen LogP contribution in [0.5, 0.6) is 0 Å². The number of carbonyl (C=O) groups is 2. The highest BCUT2D eigenvalue weighted by Gasteiger charge is 2.60. The lowest BCUT2D eigenvalue weighted by molar-refractivity contribution is -0.384. The Balaban J connectivity index is 1.52. The summed E-state index contributed by atoms with van der Waals surface area (Å²) in [5, 5.41) is 15.0. The van der Waals surface area contributed by atoms with Crippen molar-refractivity contribution in [1.82, 2.24) is 0 Å². The van der Waals surface area contributed by atoms with E-state index in [1.54, 1.807) is 29.3 Å². The number of imide groups is 1. The molecule has 0 saturated carbocycles. The zero-order valence-electron chi connectivity index (χ0n) is 15.8. The minimum absolute atomic E-state index is 0.121. The Kier molecular flexibility index (Phi) is 4.73. The van der Waals surface area contributed by atoms with E-state index < -0.39 is 34.8 Å². The van der Waals surface area contributed by atoms with E-state index >= 15 is 0 Å². The van der Waals surface area contributed by atoms with E-state index in [2.05, 4.69) is 0 Å². The number of rotatable bonds is 4. The van der Waals surface area contributed by atoms with Gasteiger partial charge in [0.15, 0.2) is 6.10 Å². The summed E-state index contributed by atoms with van der Waals surface area (Å²) in [7, 11) is 0. The summed E-state index contributed by atoms with van der Waals surface area (Å²) in [4.78, 5) is 44.9. The van der Waals surface area contributed by atoms with Crippen LogP contribution in [0.2, 0.25) is 5.02 Å². The smallest absolute Gasteiger partial charge is 0.269 e. The first-order valence-corrected chi connectivity index (χ1v) is 10.6. The number of thiophene rings is 1. The van der Waals surface area contributed by atoms with Crippen LogP contribution in [0.4, 0.5) is 17.1 Å². The van der Waals surface area contributed by atoms with Gasteiger partial charge in [0.05, 0.1) is 16.3 Å². The number of non-ortho nitro benzene ring substituents is 1. The van der Waals surface area contributed by atoms with Crippen molar-refractivity contribution in [2.45, 2.75) is 12.1 Å². The second-order valence-electron chi connectivity index (χ2n) is 7.10. The van der Waals surface area contributed by atoms with Crippen LogP contribution in [0.3, 0.4) is 0 Å². The lowest BCUT2D eigenvalue weighted by Crippen LogP contribution is -2.37. The van der Waals surface area contributed by atoms with Gasteiger partial charge >= 0.3 is 0 Å². The van der Waals surface area contributed by atoms with Crippen LogP contribution in [0, 0.1) is 16.0 Å². The summed E-state index contributed by atoms with van der Waals surface area (Å²) in [5.74, 6) is -1.65. The Bertz CT molecular complexity index is 1170. The van der Waals surface area contributed by atoms with Gasteiger partial charge in [-0.15, -0.1) is 11.3 Å². The molecule has 2 aliphatic heterocycles. The second-order valence-corrected chi connectivity index (χ2v) is 8.52. The van der Waals surface area contributed by atoms with E-state index in [1.165, 1.54) is 35.6 Å². The van der Waals surface area contributed by atoms with Gasteiger partial charge in [-0.1, -0.05) is 17.7 Å². The molecule has 1 aromatic heterocycles. The molecule has 10 heteroatoms. The first-order valence-electron chi connectivity index (χ1n) is 9.33. The second kappa shape index (κ2) is 7.45. The minimum atomic E-state index is -0.995. The maximum atomic E-state index is 13.4. The molecule has 2 aliphatic rings. The van der Waals surface area contributed by atoms with Crippen LogP contribution in [0.15, 0.2) is 66.0 Å². The number of halogens is 1. The molecule has 0 N–H and O–H groups in total. The molecule has 31 heavy (non-hydrogen) atoms. The molecule has 0 bridgehead atoms. The Labute approximate surface area is 185 Å². The summed E-state index contributed by atoms with van der Waals surface area (Å²) in [6.45, 7) is 0. The molecule has 0 aliphatic carbocycles. The van der Waals surface area contributed by atoms with Gasteiger partial charge in [0.2, 0.25) is 5.91 Å². The van der Waals surface area contributed by atoms with Gasteiger partial charge in [-0.2, -0.15) is 0 Å². The predicted molar refractivity (Wildman–Crippen MR) is 115 cm³/mol. The third-order valence-electron chi connectivity index (χ3n) is 5.35. The first-order chi connectivity index (χ1) is 15.0. The van der Waals surface area contributed by atoms with Crippen LogP contribution in [-0.4, -0.2) is 22.8 Å². The number of nitro groups is 1. The van der Waals surface area contributed by atoms with Gasteiger partial charge in [-0.05, 0) is 47.8 Å². The number of fused-ring (bicyclic) bond motifs is 1. The van der Waals surface area contributed by atoms with Crippen molar-refractivity contribution in [2.24, 2.45) is 5.92 Å². The topological polar surface area (TPSA) is 93.0 Å². The molecule has 3 atom stereocenters. The molecule has 156 valence electrons. The van der Waals surface area contributed by atoms with Crippen molar-refractivity contribution in [3.63, 3.8) is 0 Å². The van der Waals surface area contributed by atoms with Crippen LogP contribution < -0.4 is 9.96 Å². The third-order valence-corrected chi connectivity index (χ3v) is 6.54. The lowest BCUT2D eigenvalue weighted by Gasteiger charge is -2.27. The summed E-state index contributed by atoms with van der Waals surface area (Å²) >= 11 is 7.47. The van der Waals surface area contributed by atoms with Crippen LogP contribution in [0.25, 0.3) is 0 Å². The first kappa shape index (κ1) is 19.7. The third kappa shape index (κ3) is 3.18. The van der Waals surface area contributed by atoms with Gasteiger partial charge in [0.1, 0.15) is 12.0 Å². The number of hydrogen-bond donors (Lipinski definition) is 0. The number of benzene rings is 2. The number of hydrogen-bond acceptors (Lipinski definition) is 7. The van der Waals surface area contributed by atoms with Crippen molar-refractivity contribution in [1.29, 1.82) is 0 Å². The Morgan fingerprint density at radius 3 is 2.26 bits per heavy atom. The van der Waals surface area contributed by atoms with E-state index in [9.17, 15) is 19.7 Å². The molecule has 2 fully saturated rings. The zero-order valence-corrected chi connectivity index (χ0v) is 17.3. The normalized spacial score (nSPS) is 22.8. The maximum Gasteiger partial charge on any atom is 0.269 e. The summed E-state index contributed by atoms with van der Waals surface area (Å²) in [5.41, 5.74) is 0.839. The molecular formula is C21H14ClN3O5S. The van der Waals surface area contributed by atoms with Crippen LogP contribution in [-0.2, 0) is 14.4 Å². The van der Waals surface area contributed by atoms with E-state index in [-0.39, 0.29) is 11.4 Å². The molecule has 0 unspecified atom stereocenters. The van der Waals surface area contributed by atoms with E-state index in [4.69, 9.17) is 16.4 Å².